The van der Waals surface area contributed by atoms with Crippen molar-refractivity contribution in [1.82, 2.24) is 4.90 Å². The van der Waals surface area contributed by atoms with Crippen molar-refractivity contribution < 1.29 is 0 Å². The molecule has 0 aromatic heterocycles. The van der Waals surface area contributed by atoms with Gasteiger partial charge in [-0.05, 0) is 38.8 Å². The van der Waals surface area contributed by atoms with Crippen LogP contribution in [0.3, 0.4) is 0 Å². The van der Waals surface area contributed by atoms with E-state index in [1.165, 1.54) is 25.9 Å². The van der Waals surface area contributed by atoms with E-state index in [4.69, 9.17) is 0 Å². The van der Waals surface area contributed by atoms with E-state index < -0.39 is 0 Å². The predicted molar refractivity (Wildman–Crippen MR) is 45.1 cm³/mol. The standard InChI is InChI=1S/C9H19N/c1-8(2)9(3)10-6-4-5-7-10/h8-9H,4-7H2,1-3H3/t9-/m1/s1. The largest absolute Gasteiger partial charge is 0.300 e. The number of likely N-dealkylation sites (tertiary alicyclic amines) is 1. The minimum absolute atomic E-state index is 0.794. The Morgan fingerprint density at radius 2 is 1.50 bits per heavy atom. The Bertz CT molecular complexity index is 92.9. The van der Waals surface area contributed by atoms with E-state index in [0.717, 1.165) is 12.0 Å². The molecule has 60 valence electrons. The fourth-order valence-electron chi connectivity index (χ4n) is 1.57. The number of nitrogens with zero attached hydrogens (tertiary/aromatic N) is 1. The van der Waals surface area contributed by atoms with Crippen LogP contribution in [0.15, 0.2) is 0 Å². The quantitative estimate of drug-likeness (QED) is 0.569. The summed E-state index contributed by atoms with van der Waals surface area (Å²) in [4.78, 5) is 2.60. The fraction of sp³-hybridized carbons (Fsp3) is 1.00. The average Bonchev–Trinajstić information content (AvgIpc) is 2.36. The molecule has 0 amide bonds. The predicted octanol–water partition coefficient (Wildman–Crippen LogP) is 2.13. The smallest absolute Gasteiger partial charge is 0.00899 e. The van der Waals surface area contributed by atoms with Gasteiger partial charge in [0.25, 0.3) is 0 Å². The number of rotatable bonds is 2. The van der Waals surface area contributed by atoms with Crippen LogP contribution in [-0.2, 0) is 0 Å². The van der Waals surface area contributed by atoms with Crippen molar-refractivity contribution >= 4 is 0 Å². The summed E-state index contributed by atoms with van der Waals surface area (Å²) >= 11 is 0. The zero-order chi connectivity index (χ0) is 7.56. The minimum Gasteiger partial charge on any atom is -0.300 e. The van der Waals surface area contributed by atoms with Crippen molar-refractivity contribution in [3.05, 3.63) is 0 Å². The van der Waals surface area contributed by atoms with E-state index in [9.17, 15) is 0 Å². The zero-order valence-corrected chi connectivity index (χ0v) is 7.43. The van der Waals surface area contributed by atoms with Crippen LogP contribution in [0.25, 0.3) is 0 Å². The highest BCUT2D eigenvalue weighted by atomic mass is 15.2. The minimum atomic E-state index is 0.794. The van der Waals surface area contributed by atoms with Crippen LogP contribution < -0.4 is 0 Å². The Labute approximate surface area is 64.4 Å². The zero-order valence-electron chi connectivity index (χ0n) is 7.43. The van der Waals surface area contributed by atoms with Crippen LogP contribution in [0.1, 0.15) is 33.6 Å². The Morgan fingerprint density at radius 3 is 1.90 bits per heavy atom. The maximum atomic E-state index is 2.60. The molecular weight excluding hydrogens is 122 g/mol. The van der Waals surface area contributed by atoms with Crippen LogP contribution in [0.5, 0.6) is 0 Å². The molecule has 0 bridgehead atoms. The highest BCUT2D eigenvalue weighted by Crippen LogP contribution is 2.16. The first-order valence-electron chi connectivity index (χ1n) is 4.46. The molecule has 1 heterocycles. The van der Waals surface area contributed by atoms with Gasteiger partial charge in [-0.15, -0.1) is 0 Å². The highest BCUT2D eigenvalue weighted by Gasteiger charge is 2.19. The van der Waals surface area contributed by atoms with Gasteiger partial charge in [0, 0.05) is 6.04 Å². The molecule has 0 unspecified atom stereocenters. The Balaban J connectivity index is 2.32. The molecule has 0 radical (unpaired) electrons. The lowest BCUT2D eigenvalue weighted by molar-refractivity contribution is 0.208. The third-order valence-corrected chi connectivity index (χ3v) is 2.68. The molecular formula is C9H19N. The molecule has 1 fully saturated rings. The molecule has 1 heteroatoms. The molecule has 0 aliphatic carbocycles. The lowest BCUT2D eigenvalue weighted by atomic mass is 10.1. The third-order valence-electron chi connectivity index (χ3n) is 2.68. The highest BCUT2D eigenvalue weighted by molar-refractivity contribution is 4.74. The number of hydrogen-bond donors (Lipinski definition) is 0. The summed E-state index contributed by atoms with van der Waals surface area (Å²) in [7, 11) is 0. The van der Waals surface area contributed by atoms with Gasteiger partial charge in [-0.25, -0.2) is 0 Å². The molecule has 0 aromatic rings. The number of hydrogen-bond acceptors (Lipinski definition) is 1. The molecule has 1 nitrogen and oxygen atoms in total. The second-order valence-corrected chi connectivity index (χ2v) is 3.73. The Hall–Kier alpha value is -0.0400. The van der Waals surface area contributed by atoms with E-state index in [-0.39, 0.29) is 0 Å². The maximum absolute atomic E-state index is 2.60. The van der Waals surface area contributed by atoms with Crippen molar-refractivity contribution in [3.63, 3.8) is 0 Å². The summed E-state index contributed by atoms with van der Waals surface area (Å²) in [5, 5.41) is 0. The van der Waals surface area contributed by atoms with Crippen molar-refractivity contribution in [1.29, 1.82) is 0 Å². The lowest BCUT2D eigenvalue weighted by Crippen LogP contribution is -2.33. The van der Waals surface area contributed by atoms with Crippen molar-refractivity contribution in [2.24, 2.45) is 5.92 Å². The van der Waals surface area contributed by atoms with Gasteiger partial charge in [-0.1, -0.05) is 13.8 Å². The molecule has 1 saturated heterocycles. The van der Waals surface area contributed by atoms with Gasteiger partial charge >= 0.3 is 0 Å². The molecule has 1 atom stereocenters. The monoisotopic (exact) mass is 141 g/mol. The Morgan fingerprint density at radius 1 is 1.00 bits per heavy atom. The SMILES string of the molecule is CC(C)[C@@H](C)N1CCCC1. The molecule has 0 spiro atoms. The van der Waals surface area contributed by atoms with Crippen LogP contribution in [0.2, 0.25) is 0 Å². The fourth-order valence-corrected chi connectivity index (χ4v) is 1.57. The summed E-state index contributed by atoms with van der Waals surface area (Å²) < 4.78 is 0. The molecule has 0 saturated carbocycles. The normalized spacial score (nSPS) is 24.0. The summed E-state index contributed by atoms with van der Waals surface area (Å²) in [6, 6.07) is 0.794. The van der Waals surface area contributed by atoms with Crippen molar-refractivity contribution in [3.8, 4) is 0 Å². The van der Waals surface area contributed by atoms with Gasteiger partial charge in [-0.3, -0.25) is 0 Å². The molecule has 0 aromatic carbocycles. The van der Waals surface area contributed by atoms with E-state index in [2.05, 4.69) is 25.7 Å². The van der Waals surface area contributed by atoms with E-state index in [1.54, 1.807) is 0 Å². The van der Waals surface area contributed by atoms with Gasteiger partial charge < -0.3 is 4.90 Å². The summed E-state index contributed by atoms with van der Waals surface area (Å²) in [6.45, 7) is 9.63. The van der Waals surface area contributed by atoms with E-state index >= 15 is 0 Å². The first kappa shape index (κ1) is 8.06. The average molecular weight is 141 g/mol. The second-order valence-electron chi connectivity index (χ2n) is 3.73. The van der Waals surface area contributed by atoms with Crippen LogP contribution in [0.4, 0.5) is 0 Å². The van der Waals surface area contributed by atoms with Crippen molar-refractivity contribution in [2.45, 2.75) is 39.7 Å². The maximum Gasteiger partial charge on any atom is 0.00899 e. The molecule has 1 rings (SSSR count). The van der Waals surface area contributed by atoms with Crippen LogP contribution >= 0.6 is 0 Å². The third kappa shape index (κ3) is 1.72. The first-order valence-corrected chi connectivity index (χ1v) is 4.46. The van der Waals surface area contributed by atoms with Gasteiger partial charge in [0.05, 0.1) is 0 Å². The summed E-state index contributed by atoms with van der Waals surface area (Å²) in [5.74, 6) is 0.818. The van der Waals surface area contributed by atoms with Gasteiger partial charge in [-0.2, -0.15) is 0 Å². The molecule has 1 aliphatic rings. The van der Waals surface area contributed by atoms with Crippen LogP contribution in [-0.4, -0.2) is 24.0 Å². The van der Waals surface area contributed by atoms with Crippen LogP contribution in [0, 0.1) is 5.92 Å². The molecule has 0 N–H and O–H groups in total. The van der Waals surface area contributed by atoms with Gasteiger partial charge in [0.2, 0.25) is 0 Å². The first-order chi connectivity index (χ1) is 4.72. The van der Waals surface area contributed by atoms with E-state index in [1.807, 2.05) is 0 Å². The lowest BCUT2D eigenvalue weighted by Gasteiger charge is -2.26. The van der Waals surface area contributed by atoms with E-state index in [0.29, 0.717) is 0 Å². The van der Waals surface area contributed by atoms with Crippen molar-refractivity contribution in [2.75, 3.05) is 13.1 Å². The summed E-state index contributed by atoms with van der Waals surface area (Å²) in [5.41, 5.74) is 0. The molecule has 1 aliphatic heterocycles. The Kier molecular flexibility index (Phi) is 2.72. The summed E-state index contributed by atoms with van der Waals surface area (Å²) in [6.07, 6.45) is 2.83. The second kappa shape index (κ2) is 3.38. The molecule has 10 heavy (non-hydrogen) atoms. The topological polar surface area (TPSA) is 3.24 Å². The van der Waals surface area contributed by atoms with Gasteiger partial charge in [0.15, 0.2) is 0 Å². The van der Waals surface area contributed by atoms with Gasteiger partial charge in [0.1, 0.15) is 0 Å².